The lowest BCUT2D eigenvalue weighted by Crippen LogP contribution is -2.52. The number of carbonyl (C=O) groups is 3. The molecule has 0 spiro atoms. The molecule has 2 atom stereocenters. The standard InChI is InChI=1S/C20H20F2N2O4/c1-12(25)23-17(10-13-5-7-15(21)8-6-13)19(26)24-18(20(27)28)11-14-3-2-4-16(22)9-14/h2-9,17-18H,10-11H2,1H3,(H,23,25)(H,24,26)(H,27,28)/t17-,18+/m1/s1. The normalized spacial score (nSPS) is 12.7. The summed E-state index contributed by atoms with van der Waals surface area (Å²) >= 11 is 0. The van der Waals surface area contributed by atoms with Crippen LogP contribution in [0.5, 0.6) is 0 Å². The number of hydrogen-bond donors (Lipinski definition) is 3. The van der Waals surface area contributed by atoms with Crippen LogP contribution in [-0.4, -0.2) is 35.0 Å². The second kappa shape index (κ2) is 9.59. The summed E-state index contributed by atoms with van der Waals surface area (Å²) in [6, 6.07) is 8.45. The molecule has 0 aromatic heterocycles. The van der Waals surface area contributed by atoms with E-state index in [1.807, 2.05) is 0 Å². The minimum Gasteiger partial charge on any atom is -0.480 e. The summed E-state index contributed by atoms with van der Waals surface area (Å²) in [5.41, 5.74) is 0.995. The molecule has 0 fully saturated rings. The number of aliphatic carboxylic acids is 1. The monoisotopic (exact) mass is 390 g/mol. The Kier molecular flexibility index (Phi) is 7.20. The van der Waals surface area contributed by atoms with Crippen LogP contribution in [0.4, 0.5) is 8.78 Å². The van der Waals surface area contributed by atoms with Gasteiger partial charge < -0.3 is 15.7 Å². The van der Waals surface area contributed by atoms with Gasteiger partial charge in [0.05, 0.1) is 0 Å². The number of benzene rings is 2. The smallest absolute Gasteiger partial charge is 0.326 e. The third kappa shape index (κ3) is 6.46. The molecule has 0 saturated carbocycles. The van der Waals surface area contributed by atoms with Gasteiger partial charge in [0.1, 0.15) is 23.7 Å². The summed E-state index contributed by atoms with van der Waals surface area (Å²) in [6.07, 6.45) is -0.0693. The summed E-state index contributed by atoms with van der Waals surface area (Å²) in [5.74, 6) is -3.42. The highest BCUT2D eigenvalue weighted by Crippen LogP contribution is 2.09. The molecular weight excluding hydrogens is 370 g/mol. The molecule has 2 aromatic carbocycles. The number of carbonyl (C=O) groups excluding carboxylic acids is 2. The lowest BCUT2D eigenvalue weighted by Gasteiger charge is -2.21. The zero-order chi connectivity index (χ0) is 20.7. The van der Waals surface area contributed by atoms with E-state index in [9.17, 15) is 28.3 Å². The van der Waals surface area contributed by atoms with Crippen molar-refractivity contribution >= 4 is 17.8 Å². The van der Waals surface area contributed by atoms with Crippen molar-refractivity contribution < 1.29 is 28.3 Å². The van der Waals surface area contributed by atoms with Gasteiger partial charge in [0, 0.05) is 19.8 Å². The minimum absolute atomic E-state index is 0.0536. The summed E-state index contributed by atoms with van der Waals surface area (Å²) in [4.78, 5) is 35.6. The van der Waals surface area contributed by atoms with Crippen molar-refractivity contribution in [2.75, 3.05) is 0 Å². The first-order chi connectivity index (χ1) is 13.2. The van der Waals surface area contributed by atoms with Crippen LogP contribution in [0, 0.1) is 11.6 Å². The molecule has 6 nitrogen and oxygen atoms in total. The molecule has 0 aliphatic heterocycles. The van der Waals surface area contributed by atoms with Gasteiger partial charge in [-0.05, 0) is 35.4 Å². The number of amides is 2. The second-order valence-corrected chi connectivity index (χ2v) is 6.32. The molecule has 0 aliphatic carbocycles. The lowest BCUT2D eigenvalue weighted by atomic mass is 10.0. The Labute approximate surface area is 160 Å². The van der Waals surface area contributed by atoms with E-state index in [0.717, 1.165) is 0 Å². The zero-order valence-corrected chi connectivity index (χ0v) is 15.1. The highest BCUT2D eigenvalue weighted by Gasteiger charge is 2.26. The summed E-state index contributed by atoms with van der Waals surface area (Å²) in [6.45, 7) is 1.23. The maximum Gasteiger partial charge on any atom is 0.326 e. The van der Waals surface area contributed by atoms with Crippen LogP contribution in [0.1, 0.15) is 18.1 Å². The van der Waals surface area contributed by atoms with Gasteiger partial charge >= 0.3 is 5.97 Å². The van der Waals surface area contributed by atoms with Crippen LogP contribution >= 0.6 is 0 Å². The number of carboxylic acids is 1. The van der Waals surface area contributed by atoms with E-state index in [-0.39, 0.29) is 12.8 Å². The molecule has 0 saturated heterocycles. The fourth-order valence-electron chi connectivity index (χ4n) is 2.68. The Balaban J connectivity index is 2.12. The van der Waals surface area contributed by atoms with Gasteiger partial charge in [0.2, 0.25) is 11.8 Å². The largest absolute Gasteiger partial charge is 0.480 e. The third-order valence-electron chi connectivity index (χ3n) is 3.99. The van der Waals surface area contributed by atoms with Crippen LogP contribution in [0.15, 0.2) is 48.5 Å². The molecule has 2 amide bonds. The second-order valence-electron chi connectivity index (χ2n) is 6.32. The molecule has 2 aromatic rings. The van der Waals surface area contributed by atoms with E-state index in [2.05, 4.69) is 10.6 Å². The lowest BCUT2D eigenvalue weighted by molar-refractivity contribution is -0.142. The molecule has 2 rings (SSSR count). The fourth-order valence-corrected chi connectivity index (χ4v) is 2.68. The topological polar surface area (TPSA) is 95.5 Å². The maximum atomic E-state index is 13.3. The molecule has 148 valence electrons. The molecule has 3 N–H and O–H groups in total. The molecule has 0 aliphatic rings. The Bertz CT molecular complexity index is 856. The number of rotatable bonds is 8. The summed E-state index contributed by atoms with van der Waals surface area (Å²) in [5, 5.41) is 14.2. The van der Waals surface area contributed by atoms with E-state index in [0.29, 0.717) is 11.1 Å². The Morgan fingerprint density at radius 1 is 0.893 bits per heavy atom. The third-order valence-corrected chi connectivity index (χ3v) is 3.99. The first kappa shape index (κ1) is 21.0. The van der Waals surface area contributed by atoms with Crippen molar-refractivity contribution in [1.29, 1.82) is 0 Å². The van der Waals surface area contributed by atoms with E-state index in [1.165, 1.54) is 49.4 Å². The Morgan fingerprint density at radius 3 is 2.11 bits per heavy atom. The maximum absolute atomic E-state index is 13.3. The Morgan fingerprint density at radius 2 is 1.54 bits per heavy atom. The van der Waals surface area contributed by atoms with E-state index >= 15 is 0 Å². The van der Waals surface area contributed by atoms with Gasteiger partial charge in [-0.15, -0.1) is 0 Å². The van der Waals surface area contributed by atoms with E-state index in [1.54, 1.807) is 6.07 Å². The Hall–Kier alpha value is -3.29. The quantitative estimate of drug-likeness (QED) is 0.641. The van der Waals surface area contributed by atoms with Gasteiger partial charge in [-0.1, -0.05) is 24.3 Å². The SMILES string of the molecule is CC(=O)N[C@H](Cc1ccc(F)cc1)C(=O)N[C@@H](Cc1cccc(F)c1)C(=O)O. The minimum atomic E-state index is -1.31. The van der Waals surface area contributed by atoms with Crippen molar-refractivity contribution in [2.45, 2.75) is 31.8 Å². The van der Waals surface area contributed by atoms with Crippen LogP contribution in [0.25, 0.3) is 0 Å². The predicted octanol–water partition coefficient (Wildman–Crippen LogP) is 1.82. The highest BCUT2D eigenvalue weighted by molar-refractivity contribution is 5.90. The van der Waals surface area contributed by atoms with Gasteiger partial charge in [-0.3, -0.25) is 9.59 Å². The molecular formula is C20H20F2N2O4. The van der Waals surface area contributed by atoms with E-state index in [4.69, 9.17) is 0 Å². The van der Waals surface area contributed by atoms with Gasteiger partial charge in [0.15, 0.2) is 0 Å². The molecule has 28 heavy (non-hydrogen) atoms. The van der Waals surface area contributed by atoms with Crippen LogP contribution in [0.2, 0.25) is 0 Å². The van der Waals surface area contributed by atoms with Crippen molar-refractivity contribution in [3.8, 4) is 0 Å². The van der Waals surface area contributed by atoms with Crippen molar-refractivity contribution in [2.24, 2.45) is 0 Å². The van der Waals surface area contributed by atoms with E-state index < -0.39 is 41.5 Å². The first-order valence-corrected chi connectivity index (χ1v) is 8.53. The van der Waals surface area contributed by atoms with Crippen molar-refractivity contribution in [3.05, 3.63) is 71.3 Å². The summed E-state index contributed by atoms with van der Waals surface area (Å²) < 4.78 is 26.4. The summed E-state index contributed by atoms with van der Waals surface area (Å²) in [7, 11) is 0. The molecule has 0 heterocycles. The molecule has 0 unspecified atom stereocenters. The number of halogens is 2. The van der Waals surface area contributed by atoms with Crippen LogP contribution < -0.4 is 10.6 Å². The molecule has 0 radical (unpaired) electrons. The van der Waals surface area contributed by atoms with Crippen molar-refractivity contribution in [3.63, 3.8) is 0 Å². The zero-order valence-electron chi connectivity index (χ0n) is 15.1. The fraction of sp³-hybridized carbons (Fsp3) is 0.250. The van der Waals surface area contributed by atoms with Gasteiger partial charge in [0.25, 0.3) is 0 Å². The first-order valence-electron chi connectivity index (χ1n) is 8.53. The average Bonchev–Trinajstić information content (AvgIpc) is 2.62. The number of carboxylic acid groups (broad SMARTS) is 1. The van der Waals surface area contributed by atoms with Gasteiger partial charge in [-0.2, -0.15) is 0 Å². The molecule has 8 heteroatoms. The highest BCUT2D eigenvalue weighted by atomic mass is 19.1. The molecule has 0 bridgehead atoms. The van der Waals surface area contributed by atoms with Crippen LogP contribution in [0.3, 0.4) is 0 Å². The van der Waals surface area contributed by atoms with Crippen molar-refractivity contribution in [1.82, 2.24) is 10.6 Å². The van der Waals surface area contributed by atoms with Crippen LogP contribution in [-0.2, 0) is 27.2 Å². The predicted molar refractivity (Wildman–Crippen MR) is 97.4 cm³/mol. The number of nitrogens with one attached hydrogen (secondary N) is 2. The van der Waals surface area contributed by atoms with Gasteiger partial charge in [-0.25, -0.2) is 13.6 Å². The average molecular weight is 390 g/mol. The number of hydrogen-bond acceptors (Lipinski definition) is 3.